The summed E-state index contributed by atoms with van der Waals surface area (Å²) in [5, 5.41) is 4.88. The maximum Gasteiger partial charge on any atom is 0.230 e. The van der Waals surface area contributed by atoms with Crippen LogP contribution < -0.4 is 16.5 Å². The predicted molar refractivity (Wildman–Crippen MR) is 179 cm³/mol. The normalized spacial score (nSPS) is 35.6. The summed E-state index contributed by atoms with van der Waals surface area (Å²) in [5.74, 6) is -0.766. The number of halogens is 2. The highest BCUT2D eigenvalue weighted by Gasteiger charge is 2.52. The molecule has 5 aliphatic heterocycles. The molecular weight excluding hydrogens is 604 g/mol. The zero-order valence-corrected chi connectivity index (χ0v) is 28.9. The molecule has 5 heterocycles. The van der Waals surface area contributed by atoms with Crippen LogP contribution in [0, 0.1) is 11.8 Å². The van der Waals surface area contributed by atoms with E-state index in [0.717, 1.165) is 58.2 Å². The second-order valence-electron chi connectivity index (χ2n) is 15.2. The molecule has 6 rings (SSSR count). The van der Waals surface area contributed by atoms with Crippen molar-refractivity contribution in [2.24, 2.45) is 22.6 Å². The average Bonchev–Trinajstić information content (AvgIpc) is 3.76. The molecule has 6 aliphatic rings. The number of piperazine rings is 1. The summed E-state index contributed by atoms with van der Waals surface area (Å²) in [5.41, 5.74) is 10.2. The van der Waals surface area contributed by atoms with Crippen molar-refractivity contribution in [1.82, 2.24) is 35.4 Å². The number of hydrogen-bond donors (Lipinski definition) is 3. The van der Waals surface area contributed by atoms with Gasteiger partial charge in [0.2, 0.25) is 11.8 Å². The summed E-state index contributed by atoms with van der Waals surface area (Å²) in [4.78, 5) is 41.0. The van der Waals surface area contributed by atoms with Crippen molar-refractivity contribution in [2.45, 2.75) is 120 Å². The average molecular weight is 664 g/mol. The summed E-state index contributed by atoms with van der Waals surface area (Å²) >= 11 is 0. The van der Waals surface area contributed by atoms with Crippen molar-refractivity contribution in [3.05, 3.63) is 0 Å². The van der Waals surface area contributed by atoms with E-state index in [2.05, 4.69) is 39.4 Å². The molecule has 4 saturated heterocycles. The van der Waals surface area contributed by atoms with Gasteiger partial charge in [0.1, 0.15) is 18.3 Å². The van der Waals surface area contributed by atoms with E-state index in [0.29, 0.717) is 57.7 Å². The minimum absolute atomic E-state index is 0.0369. The van der Waals surface area contributed by atoms with Gasteiger partial charge in [-0.1, -0.05) is 39.5 Å². The standard InChI is InChI=1S/C34H59F2N9O2/c1-4-6-7-8-9-10-26-24(35)20-45-31(38-26)28(30(37)40-45)32(46)39-27-21-42(5-2)19-25(36)29(27)43-15-11-23(12-16-43)33(47)44-18-17-41(3)34(22-44)13-14-34/h23-25,27-31,40H,4-22,37H2,1-3H3,(H,39,46). The predicted octanol–water partition coefficient (Wildman–Crippen LogP) is 1.73. The number of nitrogens with zero attached hydrogens (tertiary/aromatic N) is 6. The number of fused-ring (bicyclic) bond motifs is 1. The highest BCUT2D eigenvalue weighted by Crippen LogP contribution is 2.43. The number of hydrogen-bond acceptors (Lipinski definition) is 9. The minimum atomic E-state index is -1.19. The Labute approximate surface area is 280 Å². The monoisotopic (exact) mass is 663 g/mol. The second kappa shape index (κ2) is 15.0. The third-order valence-electron chi connectivity index (χ3n) is 12.1. The molecule has 1 saturated carbocycles. The molecule has 7 unspecified atom stereocenters. The fourth-order valence-corrected chi connectivity index (χ4v) is 8.85. The lowest BCUT2D eigenvalue weighted by Gasteiger charge is -2.48. The van der Waals surface area contributed by atoms with Crippen LogP contribution in [0.5, 0.6) is 0 Å². The smallest absolute Gasteiger partial charge is 0.230 e. The van der Waals surface area contributed by atoms with Crippen LogP contribution in [-0.4, -0.2) is 150 Å². The number of likely N-dealkylation sites (tertiary alicyclic amines) is 2. The van der Waals surface area contributed by atoms with E-state index in [1.165, 1.54) is 6.42 Å². The molecule has 7 atom stereocenters. The maximum absolute atomic E-state index is 16.0. The molecule has 0 aromatic heterocycles. The number of hydrazine groups is 1. The van der Waals surface area contributed by atoms with E-state index >= 15 is 8.78 Å². The van der Waals surface area contributed by atoms with Gasteiger partial charge in [-0.2, -0.15) is 0 Å². The summed E-state index contributed by atoms with van der Waals surface area (Å²) in [6.07, 6.45) is 6.08. The van der Waals surface area contributed by atoms with Crippen molar-refractivity contribution < 1.29 is 18.4 Å². The molecule has 0 aromatic carbocycles. The lowest BCUT2D eigenvalue weighted by molar-refractivity contribution is -0.141. The molecule has 266 valence electrons. The van der Waals surface area contributed by atoms with Crippen LogP contribution in [0.4, 0.5) is 8.78 Å². The van der Waals surface area contributed by atoms with Gasteiger partial charge in [-0.3, -0.25) is 29.3 Å². The number of amides is 2. The van der Waals surface area contributed by atoms with Crippen LogP contribution >= 0.6 is 0 Å². The van der Waals surface area contributed by atoms with Crippen molar-refractivity contribution in [3.63, 3.8) is 0 Å². The Morgan fingerprint density at radius 2 is 1.77 bits per heavy atom. The molecule has 47 heavy (non-hydrogen) atoms. The summed E-state index contributed by atoms with van der Waals surface area (Å²) in [6.45, 7) is 9.62. The van der Waals surface area contributed by atoms with E-state index in [1.807, 2.05) is 11.8 Å². The van der Waals surface area contributed by atoms with Gasteiger partial charge >= 0.3 is 0 Å². The Morgan fingerprint density at radius 3 is 2.47 bits per heavy atom. The number of carbonyl (C=O) groups excluding carboxylic acids is 2. The number of alkyl halides is 2. The number of carbonyl (C=O) groups is 2. The lowest BCUT2D eigenvalue weighted by Crippen LogP contribution is -2.67. The molecule has 11 nitrogen and oxygen atoms in total. The lowest BCUT2D eigenvalue weighted by atomic mass is 9.89. The number of nitrogens with one attached hydrogen (secondary N) is 2. The van der Waals surface area contributed by atoms with Crippen LogP contribution in [0.2, 0.25) is 0 Å². The molecule has 1 aliphatic carbocycles. The highest BCUT2D eigenvalue weighted by atomic mass is 19.1. The van der Waals surface area contributed by atoms with Crippen LogP contribution in [0.1, 0.15) is 78.1 Å². The van der Waals surface area contributed by atoms with E-state index in [9.17, 15) is 9.59 Å². The van der Waals surface area contributed by atoms with Gasteiger partial charge < -0.3 is 16.0 Å². The third kappa shape index (κ3) is 7.55. The van der Waals surface area contributed by atoms with Crippen molar-refractivity contribution >= 4 is 17.5 Å². The quantitative estimate of drug-likeness (QED) is 0.287. The van der Waals surface area contributed by atoms with Crippen LogP contribution in [0.25, 0.3) is 0 Å². The molecule has 2 amide bonds. The van der Waals surface area contributed by atoms with Crippen LogP contribution in [-0.2, 0) is 9.59 Å². The number of aliphatic imine (C=N–C) groups is 1. The van der Waals surface area contributed by atoms with Crippen molar-refractivity contribution in [1.29, 1.82) is 0 Å². The highest BCUT2D eigenvalue weighted by molar-refractivity contribution is 5.90. The van der Waals surface area contributed by atoms with Crippen molar-refractivity contribution in [3.8, 4) is 0 Å². The van der Waals surface area contributed by atoms with Gasteiger partial charge in [0.05, 0.1) is 24.8 Å². The Balaban J connectivity index is 1.09. The second-order valence-corrected chi connectivity index (χ2v) is 15.2. The number of unbranched alkanes of at least 4 members (excludes halogenated alkanes) is 4. The number of rotatable bonds is 11. The number of nitrogens with two attached hydrogens (primary N) is 1. The molecule has 13 heteroatoms. The number of likely N-dealkylation sites (N-methyl/N-ethyl adjacent to an activating group) is 2. The Morgan fingerprint density at radius 1 is 1.02 bits per heavy atom. The fraction of sp³-hybridized carbons (Fsp3) is 0.912. The van der Waals surface area contributed by atoms with Gasteiger partial charge in [0.15, 0.2) is 6.17 Å². The first kappa shape index (κ1) is 35.1. The first-order valence-corrected chi connectivity index (χ1v) is 18.5. The van der Waals surface area contributed by atoms with Gasteiger partial charge in [0, 0.05) is 49.9 Å². The van der Waals surface area contributed by atoms with E-state index < -0.39 is 42.7 Å². The molecule has 0 bridgehead atoms. The molecule has 0 aromatic rings. The zero-order valence-electron chi connectivity index (χ0n) is 28.9. The Kier molecular flexibility index (Phi) is 11.2. The first-order chi connectivity index (χ1) is 22.6. The van der Waals surface area contributed by atoms with Crippen molar-refractivity contribution in [2.75, 3.05) is 66.0 Å². The number of piperidine rings is 2. The summed E-state index contributed by atoms with van der Waals surface area (Å²) in [7, 11) is 2.17. The molecule has 0 radical (unpaired) electrons. The van der Waals surface area contributed by atoms with E-state index in [-0.39, 0.29) is 29.8 Å². The Hall–Kier alpha value is -1.77. The van der Waals surface area contributed by atoms with Gasteiger partial charge in [-0.15, -0.1) is 0 Å². The first-order valence-electron chi connectivity index (χ1n) is 18.5. The summed E-state index contributed by atoms with van der Waals surface area (Å²) < 4.78 is 31.1. The van der Waals surface area contributed by atoms with E-state index in [1.54, 1.807) is 5.01 Å². The third-order valence-corrected chi connectivity index (χ3v) is 12.1. The van der Waals surface area contributed by atoms with Gasteiger partial charge in [-0.05, 0) is 65.2 Å². The van der Waals surface area contributed by atoms with E-state index in [4.69, 9.17) is 10.7 Å². The topological polar surface area (TPSA) is 113 Å². The minimum Gasteiger partial charge on any atom is -0.350 e. The fourth-order valence-electron chi connectivity index (χ4n) is 8.85. The zero-order chi connectivity index (χ0) is 33.3. The Bertz CT molecular complexity index is 1130. The largest absolute Gasteiger partial charge is 0.350 e. The maximum atomic E-state index is 16.0. The van der Waals surface area contributed by atoms with Gasteiger partial charge in [-0.25, -0.2) is 19.2 Å². The van der Waals surface area contributed by atoms with Gasteiger partial charge in [0.25, 0.3) is 0 Å². The molecular formula is C34H59F2N9O2. The summed E-state index contributed by atoms with van der Waals surface area (Å²) in [6, 6.07) is -0.923. The molecule has 1 spiro atoms. The van der Waals surface area contributed by atoms with Crippen LogP contribution in [0.3, 0.4) is 0 Å². The molecule has 4 N–H and O–H groups in total. The SMILES string of the molecule is CCCCCCCC1=NC2C(C(=O)NC3CN(CC)CC(F)C3N3CCC(C(=O)N4CCN(C)C5(CC5)C4)CC3)C(N)NN2CC1F. The van der Waals surface area contributed by atoms with Crippen LogP contribution in [0.15, 0.2) is 4.99 Å². The molecule has 5 fully saturated rings.